The van der Waals surface area contributed by atoms with E-state index in [9.17, 15) is 9.90 Å². The summed E-state index contributed by atoms with van der Waals surface area (Å²) in [7, 11) is 0. The molecule has 0 radical (unpaired) electrons. The average Bonchev–Trinajstić information content (AvgIpc) is 2.52. The quantitative estimate of drug-likeness (QED) is 0.472. The van der Waals surface area contributed by atoms with Crippen LogP contribution >= 0.6 is 0 Å². The van der Waals surface area contributed by atoms with E-state index in [2.05, 4.69) is 13.8 Å². The van der Waals surface area contributed by atoms with Gasteiger partial charge in [-0.3, -0.25) is 0 Å². The molecule has 0 bridgehead atoms. The highest BCUT2D eigenvalue weighted by Gasteiger charge is 2.21. The van der Waals surface area contributed by atoms with Crippen molar-refractivity contribution in [1.82, 2.24) is 0 Å². The summed E-state index contributed by atoms with van der Waals surface area (Å²) < 4.78 is 10.6. The van der Waals surface area contributed by atoms with Crippen molar-refractivity contribution in [2.45, 2.75) is 65.7 Å². The van der Waals surface area contributed by atoms with Crippen LogP contribution in [-0.2, 0) is 12.8 Å². The minimum absolute atomic E-state index is 0.0564. The number of phenolic OH excluding ortho intramolecular Hbond substituents is 1. The second-order valence-electron chi connectivity index (χ2n) is 5.61. The van der Waals surface area contributed by atoms with Gasteiger partial charge in [-0.1, -0.05) is 33.6 Å². The summed E-state index contributed by atoms with van der Waals surface area (Å²) in [6.07, 6.45) is 4.44. The van der Waals surface area contributed by atoms with E-state index in [4.69, 9.17) is 14.6 Å². The van der Waals surface area contributed by atoms with Gasteiger partial charge < -0.3 is 19.7 Å². The third-order valence-electron chi connectivity index (χ3n) is 3.63. The first kappa shape index (κ1) is 19.1. The number of benzene rings is 1. The highest BCUT2D eigenvalue weighted by atomic mass is 16.7. The Labute approximate surface area is 138 Å². The first-order valence-electron chi connectivity index (χ1n) is 8.46. The molecule has 23 heavy (non-hydrogen) atoms. The van der Waals surface area contributed by atoms with Crippen LogP contribution in [0.5, 0.6) is 17.2 Å². The fraction of sp³-hybridized carbons (Fsp3) is 0.611. The standard InChI is InChI=1S/C18H28O5/c1-4-7-9-13-12-15(22-11-6-3)14(10-8-5-2)16(19)17(13)23-18(20)21/h12,19H,4-11H2,1-3H3,(H,20,21). The van der Waals surface area contributed by atoms with Gasteiger partial charge in [0.2, 0.25) is 0 Å². The number of carbonyl (C=O) groups is 1. The Hall–Kier alpha value is -1.91. The summed E-state index contributed by atoms with van der Waals surface area (Å²) in [6.45, 7) is 6.70. The first-order valence-corrected chi connectivity index (χ1v) is 8.46. The molecule has 0 heterocycles. The molecule has 5 nitrogen and oxygen atoms in total. The van der Waals surface area contributed by atoms with Gasteiger partial charge in [0.1, 0.15) is 5.75 Å². The molecule has 0 spiro atoms. The minimum Gasteiger partial charge on any atom is -0.504 e. The summed E-state index contributed by atoms with van der Waals surface area (Å²) in [5, 5.41) is 19.5. The van der Waals surface area contributed by atoms with Crippen molar-refractivity contribution in [2.24, 2.45) is 0 Å². The number of rotatable bonds is 10. The van der Waals surface area contributed by atoms with Crippen LogP contribution in [0.2, 0.25) is 0 Å². The number of hydrogen-bond acceptors (Lipinski definition) is 4. The van der Waals surface area contributed by atoms with Crippen LogP contribution in [0.25, 0.3) is 0 Å². The number of aromatic hydroxyl groups is 1. The Bertz CT molecular complexity index is 511. The van der Waals surface area contributed by atoms with Crippen molar-refractivity contribution in [2.75, 3.05) is 6.61 Å². The number of carboxylic acid groups (broad SMARTS) is 1. The lowest BCUT2D eigenvalue weighted by Crippen LogP contribution is -2.08. The van der Waals surface area contributed by atoms with E-state index >= 15 is 0 Å². The third-order valence-corrected chi connectivity index (χ3v) is 3.63. The van der Waals surface area contributed by atoms with Gasteiger partial charge in [-0.25, -0.2) is 4.79 Å². The van der Waals surface area contributed by atoms with Gasteiger partial charge >= 0.3 is 6.16 Å². The Balaban J connectivity index is 3.30. The smallest absolute Gasteiger partial charge is 0.504 e. The zero-order valence-electron chi connectivity index (χ0n) is 14.4. The Morgan fingerprint density at radius 2 is 1.74 bits per heavy atom. The van der Waals surface area contributed by atoms with Crippen LogP contribution in [0.4, 0.5) is 4.79 Å². The fourth-order valence-electron chi connectivity index (χ4n) is 2.41. The first-order chi connectivity index (χ1) is 11.0. The van der Waals surface area contributed by atoms with Crippen LogP contribution in [0.3, 0.4) is 0 Å². The van der Waals surface area contributed by atoms with Crippen LogP contribution in [0.1, 0.15) is 64.0 Å². The molecule has 1 aromatic carbocycles. The lowest BCUT2D eigenvalue weighted by atomic mass is 9.99. The van der Waals surface area contributed by atoms with E-state index in [1.165, 1.54) is 0 Å². The zero-order valence-corrected chi connectivity index (χ0v) is 14.4. The number of hydrogen-bond donors (Lipinski definition) is 2. The van der Waals surface area contributed by atoms with E-state index in [0.29, 0.717) is 36.3 Å². The Kier molecular flexibility index (Phi) is 8.30. The lowest BCUT2D eigenvalue weighted by Gasteiger charge is -2.18. The van der Waals surface area contributed by atoms with E-state index in [1.54, 1.807) is 0 Å². The molecule has 0 atom stereocenters. The molecule has 0 aromatic heterocycles. The predicted octanol–water partition coefficient (Wildman–Crippen LogP) is 4.92. The number of ether oxygens (including phenoxy) is 2. The highest BCUT2D eigenvalue weighted by molar-refractivity contribution is 5.67. The van der Waals surface area contributed by atoms with E-state index < -0.39 is 6.16 Å². The molecule has 5 heteroatoms. The van der Waals surface area contributed by atoms with Crippen LogP contribution in [0, 0.1) is 0 Å². The maximum atomic E-state index is 11.0. The maximum absolute atomic E-state index is 11.0. The zero-order chi connectivity index (χ0) is 17.2. The maximum Gasteiger partial charge on any atom is 0.511 e. The molecule has 0 unspecified atom stereocenters. The van der Waals surface area contributed by atoms with Crippen molar-refractivity contribution in [3.05, 3.63) is 17.2 Å². The van der Waals surface area contributed by atoms with Crippen LogP contribution in [0.15, 0.2) is 6.07 Å². The summed E-state index contributed by atoms with van der Waals surface area (Å²) >= 11 is 0. The monoisotopic (exact) mass is 324 g/mol. The molecule has 0 fully saturated rings. The Morgan fingerprint density at radius 3 is 2.30 bits per heavy atom. The SMILES string of the molecule is CCCCc1cc(OCCC)c(CCCC)c(O)c1OC(=O)O. The van der Waals surface area contributed by atoms with Crippen molar-refractivity contribution in [3.8, 4) is 17.2 Å². The highest BCUT2D eigenvalue weighted by Crippen LogP contribution is 2.42. The van der Waals surface area contributed by atoms with E-state index in [-0.39, 0.29) is 11.5 Å². The van der Waals surface area contributed by atoms with E-state index in [1.807, 2.05) is 13.0 Å². The van der Waals surface area contributed by atoms with Gasteiger partial charge in [0.05, 0.1) is 6.61 Å². The van der Waals surface area contributed by atoms with Gasteiger partial charge in [0.25, 0.3) is 0 Å². The average molecular weight is 324 g/mol. The second kappa shape index (κ2) is 9.98. The summed E-state index contributed by atoms with van der Waals surface area (Å²) in [6, 6.07) is 1.83. The van der Waals surface area contributed by atoms with Crippen molar-refractivity contribution < 1.29 is 24.5 Å². The summed E-state index contributed by atoms with van der Waals surface area (Å²) in [5.41, 5.74) is 1.31. The third kappa shape index (κ3) is 5.66. The molecular formula is C18H28O5. The molecule has 0 aliphatic carbocycles. The lowest BCUT2D eigenvalue weighted by molar-refractivity contribution is 0.142. The molecule has 0 aliphatic rings. The summed E-state index contributed by atoms with van der Waals surface area (Å²) in [5.74, 6) is 0.600. The Morgan fingerprint density at radius 1 is 1.09 bits per heavy atom. The molecule has 0 saturated heterocycles. The minimum atomic E-state index is -1.42. The van der Waals surface area contributed by atoms with Crippen LogP contribution in [-0.4, -0.2) is 23.0 Å². The van der Waals surface area contributed by atoms with Gasteiger partial charge in [-0.2, -0.15) is 0 Å². The topological polar surface area (TPSA) is 76.0 Å². The molecule has 0 aliphatic heterocycles. The predicted molar refractivity (Wildman–Crippen MR) is 89.8 cm³/mol. The summed E-state index contributed by atoms with van der Waals surface area (Å²) in [4.78, 5) is 11.0. The van der Waals surface area contributed by atoms with Gasteiger partial charge in [0.15, 0.2) is 11.5 Å². The number of aryl methyl sites for hydroxylation is 1. The van der Waals surface area contributed by atoms with Gasteiger partial charge in [0, 0.05) is 11.1 Å². The molecular weight excluding hydrogens is 296 g/mol. The molecule has 0 amide bonds. The van der Waals surface area contributed by atoms with Crippen molar-refractivity contribution >= 4 is 6.16 Å². The number of unbranched alkanes of at least 4 members (excludes halogenated alkanes) is 2. The number of phenols is 1. The molecule has 130 valence electrons. The second-order valence-corrected chi connectivity index (χ2v) is 5.61. The van der Waals surface area contributed by atoms with Crippen molar-refractivity contribution in [1.29, 1.82) is 0 Å². The van der Waals surface area contributed by atoms with Crippen LogP contribution < -0.4 is 9.47 Å². The fourth-order valence-corrected chi connectivity index (χ4v) is 2.41. The normalized spacial score (nSPS) is 10.6. The van der Waals surface area contributed by atoms with E-state index in [0.717, 1.165) is 32.1 Å². The largest absolute Gasteiger partial charge is 0.511 e. The van der Waals surface area contributed by atoms with Gasteiger partial charge in [-0.15, -0.1) is 0 Å². The van der Waals surface area contributed by atoms with Crippen molar-refractivity contribution in [3.63, 3.8) is 0 Å². The van der Waals surface area contributed by atoms with Gasteiger partial charge in [-0.05, 0) is 38.2 Å². The molecule has 0 saturated carbocycles. The molecule has 1 aromatic rings. The molecule has 2 N–H and O–H groups in total. The molecule has 1 rings (SSSR count).